The number of hydrazone groups is 1. The number of hydrogen-bond acceptors (Lipinski definition) is 5. The maximum atomic E-state index is 11.8. The zero-order valence-corrected chi connectivity index (χ0v) is 12.1. The number of furan rings is 1. The smallest absolute Gasteiger partial charge is 0.427 e. The van der Waals surface area contributed by atoms with E-state index in [0.717, 1.165) is 5.56 Å². The second kappa shape index (κ2) is 7.07. The van der Waals surface area contributed by atoms with Gasteiger partial charge in [0.25, 0.3) is 5.91 Å². The molecule has 0 spiro atoms. The molecule has 2 aromatic rings. The molecule has 0 unspecified atom stereocenters. The van der Waals surface area contributed by atoms with E-state index in [1.54, 1.807) is 43.3 Å². The lowest BCUT2D eigenvalue weighted by molar-refractivity contribution is 0.0996. The first kappa shape index (κ1) is 15.3. The molecule has 0 aliphatic carbocycles. The Morgan fingerprint density at radius 2 is 1.91 bits per heavy atom. The van der Waals surface area contributed by atoms with Gasteiger partial charge in [0.05, 0.1) is 19.1 Å². The Labute approximate surface area is 127 Å². The number of carbonyl (C=O) groups excluding carboxylic acids is 2. The highest BCUT2D eigenvalue weighted by molar-refractivity contribution is 6.03. The fourth-order valence-corrected chi connectivity index (χ4v) is 1.63. The molecule has 7 heteroatoms. The summed E-state index contributed by atoms with van der Waals surface area (Å²) in [4.78, 5) is 22.8. The van der Waals surface area contributed by atoms with Gasteiger partial charge in [-0.1, -0.05) is 12.1 Å². The maximum absolute atomic E-state index is 11.8. The van der Waals surface area contributed by atoms with Gasteiger partial charge in [-0.3, -0.25) is 4.79 Å². The molecule has 2 N–H and O–H groups in total. The van der Waals surface area contributed by atoms with Crippen LogP contribution in [0.3, 0.4) is 0 Å². The Kier molecular flexibility index (Phi) is 4.92. The van der Waals surface area contributed by atoms with E-state index in [-0.39, 0.29) is 11.7 Å². The lowest BCUT2D eigenvalue weighted by atomic mass is 10.1. The molecule has 0 saturated heterocycles. The highest BCUT2D eigenvalue weighted by atomic mass is 16.5. The zero-order valence-electron chi connectivity index (χ0n) is 12.1. The second-order valence-corrected chi connectivity index (χ2v) is 4.31. The first-order valence-electron chi connectivity index (χ1n) is 6.43. The number of anilines is 1. The van der Waals surface area contributed by atoms with Crippen molar-refractivity contribution in [2.45, 2.75) is 6.92 Å². The number of nitrogens with one attached hydrogen (secondary N) is 2. The van der Waals surface area contributed by atoms with E-state index in [1.807, 2.05) is 0 Å². The number of carbonyl (C=O) groups is 2. The van der Waals surface area contributed by atoms with Gasteiger partial charge >= 0.3 is 6.09 Å². The summed E-state index contributed by atoms with van der Waals surface area (Å²) in [6, 6.07) is 10.2. The molecule has 0 fully saturated rings. The summed E-state index contributed by atoms with van der Waals surface area (Å²) >= 11 is 0. The topological polar surface area (TPSA) is 92.9 Å². The number of methoxy groups -OCH3 is 1. The van der Waals surface area contributed by atoms with E-state index in [2.05, 4.69) is 20.6 Å². The van der Waals surface area contributed by atoms with Crippen molar-refractivity contribution in [1.29, 1.82) is 0 Å². The number of hydrogen-bond donors (Lipinski definition) is 2. The molecule has 22 heavy (non-hydrogen) atoms. The fourth-order valence-electron chi connectivity index (χ4n) is 1.63. The number of amides is 2. The molecule has 2 amide bonds. The number of ether oxygens (including phenoxy) is 1. The van der Waals surface area contributed by atoms with Crippen molar-refractivity contribution in [1.82, 2.24) is 5.43 Å². The van der Waals surface area contributed by atoms with Crippen LogP contribution in [0.15, 0.2) is 52.2 Å². The lowest BCUT2D eigenvalue weighted by Gasteiger charge is -2.05. The van der Waals surface area contributed by atoms with Crippen molar-refractivity contribution >= 4 is 23.4 Å². The van der Waals surface area contributed by atoms with Crippen molar-refractivity contribution in [3.8, 4) is 0 Å². The maximum Gasteiger partial charge on any atom is 0.427 e. The summed E-state index contributed by atoms with van der Waals surface area (Å²) in [5.74, 6) is -0.0837. The Hall–Kier alpha value is -3.09. The van der Waals surface area contributed by atoms with Crippen molar-refractivity contribution in [3.05, 3.63) is 54.0 Å². The third-order valence-corrected chi connectivity index (χ3v) is 2.81. The third-order valence-electron chi connectivity index (χ3n) is 2.81. The van der Waals surface area contributed by atoms with E-state index < -0.39 is 6.09 Å². The summed E-state index contributed by atoms with van der Waals surface area (Å²) in [6.07, 6.45) is 0.799. The van der Waals surface area contributed by atoms with Gasteiger partial charge in [0.15, 0.2) is 5.76 Å². The Bertz CT molecular complexity index is 675. The normalized spacial score (nSPS) is 10.9. The number of benzene rings is 1. The summed E-state index contributed by atoms with van der Waals surface area (Å²) in [7, 11) is 1.26. The quantitative estimate of drug-likeness (QED) is 0.670. The third kappa shape index (κ3) is 3.95. The Morgan fingerprint density at radius 1 is 1.18 bits per heavy atom. The lowest BCUT2D eigenvalue weighted by Crippen LogP contribution is -2.18. The molecule has 0 atom stereocenters. The molecule has 1 aromatic carbocycles. The molecule has 114 valence electrons. The minimum atomic E-state index is -0.637. The average molecular weight is 301 g/mol. The van der Waals surface area contributed by atoms with Crippen LogP contribution in [0, 0.1) is 0 Å². The summed E-state index contributed by atoms with van der Waals surface area (Å²) in [5, 5.41) is 6.59. The van der Waals surface area contributed by atoms with Crippen LogP contribution >= 0.6 is 0 Å². The van der Waals surface area contributed by atoms with E-state index in [0.29, 0.717) is 11.4 Å². The standard InChI is InChI=1S/C15H15N3O4/c1-10(17-18-15(20)21-2)11-5-7-12(8-6-11)16-14(19)13-4-3-9-22-13/h3-9H,1-2H3,(H,16,19)(H,18,20)/b17-10+. The minimum absolute atomic E-state index is 0.240. The molecule has 0 saturated carbocycles. The van der Waals surface area contributed by atoms with Gasteiger partial charge in [-0.25, -0.2) is 10.2 Å². The molecule has 1 heterocycles. The van der Waals surface area contributed by atoms with E-state index in [1.165, 1.54) is 13.4 Å². The van der Waals surface area contributed by atoms with Crippen molar-refractivity contribution in [2.75, 3.05) is 12.4 Å². The van der Waals surface area contributed by atoms with Gasteiger partial charge in [-0.2, -0.15) is 5.10 Å². The molecule has 0 aliphatic heterocycles. The highest BCUT2D eigenvalue weighted by Crippen LogP contribution is 2.12. The Balaban J connectivity index is 2.01. The molecule has 1 aromatic heterocycles. The van der Waals surface area contributed by atoms with Gasteiger partial charge in [0, 0.05) is 5.69 Å². The van der Waals surface area contributed by atoms with Gasteiger partial charge in [0.1, 0.15) is 0 Å². The predicted octanol–water partition coefficient (Wildman–Crippen LogP) is 2.61. The van der Waals surface area contributed by atoms with Crippen molar-refractivity contribution in [3.63, 3.8) is 0 Å². The molecule has 0 bridgehead atoms. The molecule has 2 rings (SSSR count). The van der Waals surface area contributed by atoms with Crippen LogP contribution in [-0.2, 0) is 4.74 Å². The largest absolute Gasteiger partial charge is 0.459 e. The molecule has 7 nitrogen and oxygen atoms in total. The van der Waals surface area contributed by atoms with Crippen LogP contribution in [0.25, 0.3) is 0 Å². The number of rotatable bonds is 4. The van der Waals surface area contributed by atoms with Crippen LogP contribution in [0.1, 0.15) is 23.0 Å². The second-order valence-electron chi connectivity index (χ2n) is 4.31. The van der Waals surface area contributed by atoms with Crippen LogP contribution in [0.5, 0.6) is 0 Å². The van der Waals surface area contributed by atoms with E-state index in [9.17, 15) is 9.59 Å². The van der Waals surface area contributed by atoms with E-state index in [4.69, 9.17) is 4.42 Å². The van der Waals surface area contributed by atoms with Gasteiger partial charge in [0.2, 0.25) is 0 Å². The van der Waals surface area contributed by atoms with Gasteiger partial charge < -0.3 is 14.5 Å². The van der Waals surface area contributed by atoms with E-state index >= 15 is 0 Å². The molecular weight excluding hydrogens is 286 g/mol. The molecule has 0 radical (unpaired) electrons. The first-order chi connectivity index (χ1) is 10.6. The van der Waals surface area contributed by atoms with Crippen LogP contribution in [0.2, 0.25) is 0 Å². The zero-order chi connectivity index (χ0) is 15.9. The predicted molar refractivity (Wildman–Crippen MR) is 80.9 cm³/mol. The van der Waals surface area contributed by atoms with Crippen LogP contribution in [0.4, 0.5) is 10.5 Å². The fraction of sp³-hybridized carbons (Fsp3) is 0.133. The average Bonchev–Trinajstić information content (AvgIpc) is 3.07. The minimum Gasteiger partial charge on any atom is -0.459 e. The summed E-state index contributed by atoms with van der Waals surface area (Å²) in [6.45, 7) is 1.74. The van der Waals surface area contributed by atoms with Crippen LogP contribution in [-0.4, -0.2) is 24.8 Å². The highest BCUT2D eigenvalue weighted by Gasteiger charge is 2.08. The summed E-state index contributed by atoms with van der Waals surface area (Å²) < 4.78 is 9.43. The monoisotopic (exact) mass is 301 g/mol. The van der Waals surface area contributed by atoms with Gasteiger partial charge in [-0.15, -0.1) is 0 Å². The SMILES string of the molecule is COC(=O)N/N=C(\C)c1ccc(NC(=O)c2ccco2)cc1. The van der Waals surface area contributed by atoms with Crippen molar-refractivity contribution in [2.24, 2.45) is 5.10 Å². The van der Waals surface area contributed by atoms with Crippen LogP contribution < -0.4 is 10.7 Å². The first-order valence-corrected chi connectivity index (χ1v) is 6.43. The number of nitrogens with zero attached hydrogens (tertiary/aromatic N) is 1. The van der Waals surface area contributed by atoms with Gasteiger partial charge in [-0.05, 0) is 36.8 Å². The van der Waals surface area contributed by atoms with Crippen molar-refractivity contribution < 1.29 is 18.7 Å². The molecule has 0 aliphatic rings. The summed E-state index contributed by atoms with van der Waals surface area (Å²) in [5.41, 5.74) is 4.27. The molecular formula is C15H15N3O4. The Morgan fingerprint density at radius 3 is 2.50 bits per heavy atom.